The number of fused-ring (bicyclic) bond motifs is 1. The van der Waals surface area contributed by atoms with Crippen LogP contribution in [0.25, 0.3) is 33.5 Å². The molecule has 9 nitrogen and oxygen atoms in total. The van der Waals surface area contributed by atoms with Gasteiger partial charge in [-0.05, 0) is 64.3 Å². The zero-order valence-electron chi connectivity index (χ0n) is 18.9. The van der Waals surface area contributed by atoms with Crippen molar-refractivity contribution < 1.29 is 5.11 Å². The van der Waals surface area contributed by atoms with Gasteiger partial charge in [-0.1, -0.05) is 11.3 Å². The topological polar surface area (TPSA) is 117 Å². The number of phenols is 1. The van der Waals surface area contributed by atoms with Crippen LogP contribution in [0.2, 0.25) is 0 Å². The van der Waals surface area contributed by atoms with Gasteiger partial charge in [-0.15, -0.1) is 40.1 Å². The average Bonchev–Trinajstić information content (AvgIpc) is 3.35. The number of benzene rings is 1. The fourth-order valence-corrected chi connectivity index (χ4v) is 4.91. The van der Waals surface area contributed by atoms with Crippen LogP contribution in [-0.4, -0.2) is 51.6 Å². The third-order valence-corrected chi connectivity index (χ3v) is 5.84. The highest BCUT2D eigenvalue weighted by Gasteiger charge is 2.39. The van der Waals surface area contributed by atoms with Gasteiger partial charge in [0.25, 0.3) is 0 Å². The van der Waals surface area contributed by atoms with Crippen LogP contribution in [-0.2, 0) is 0 Å². The normalized spacial score (nSPS) is 17.3. The summed E-state index contributed by atoms with van der Waals surface area (Å²) in [4.78, 5) is 0. The van der Waals surface area contributed by atoms with Crippen molar-refractivity contribution >= 4 is 36.0 Å². The lowest BCUT2D eigenvalue weighted by atomic mass is 9.80. The minimum atomic E-state index is -0.0133. The number of piperidine rings is 1. The molecule has 1 aliphatic rings. The van der Waals surface area contributed by atoms with Crippen LogP contribution >= 0.6 is 24.8 Å². The Morgan fingerprint density at radius 2 is 1.70 bits per heavy atom. The predicted molar refractivity (Wildman–Crippen MR) is 132 cm³/mol. The third-order valence-electron chi connectivity index (χ3n) is 5.84. The molecule has 0 amide bonds. The minimum Gasteiger partial charge on any atom is -0.507 e. The van der Waals surface area contributed by atoms with E-state index in [2.05, 4.69) is 63.7 Å². The Bertz CT molecular complexity index is 1240. The van der Waals surface area contributed by atoms with Crippen molar-refractivity contribution in [2.24, 2.45) is 0 Å². The number of aromatic nitrogens is 7. The van der Waals surface area contributed by atoms with Gasteiger partial charge in [0, 0.05) is 28.4 Å². The lowest BCUT2D eigenvalue weighted by molar-refractivity contribution is 0.127. The van der Waals surface area contributed by atoms with Crippen LogP contribution in [0.15, 0.2) is 36.7 Å². The van der Waals surface area contributed by atoms with Gasteiger partial charge in [-0.2, -0.15) is 5.10 Å². The number of aromatic amines is 1. The van der Waals surface area contributed by atoms with E-state index in [4.69, 9.17) is 0 Å². The minimum absolute atomic E-state index is 0. The summed E-state index contributed by atoms with van der Waals surface area (Å²) in [6.45, 7) is 8.83. The smallest absolute Gasteiger partial charge is 0.201 e. The second-order valence-electron chi connectivity index (χ2n) is 9.65. The number of H-pyrrole nitrogens is 1. The zero-order valence-corrected chi connectivity index (χ0v) is 20.5. The van der Waals surface area contributed by atoms with Crippen LogP contribution in [0.1, 0.15) is 46.6 Å². The highest BCUT2D eigenvalue weighted by atomic mass is 35.5. The van der Waals surface area contributed by atoms with Gasteiger partial charge in [0.1, 0.15) is 11.3 Å². The Balaban J connectivity index is 0.00000153. The summed E-state index contributed by atoms with van der Waals surface area (Å²) < 4.78 is 1.90. The second-order valence-corrected chi connectivity index (χ2v) is 9.65. The number of rotatable bonds is 3. The summed E-state index contributed by atoms with van der Waals surface area (Å²) in [7, 11) is 0. The van der Waals surface area contributed by atoms with Crippen molar-refractivity contribution in [2.45, 2.75) is 57.7 Å². The summed E-state index contributed by atoms with van der Waals surface area (Å²) >= 11 is 0. The van der Waals surface area contributed by atoms with E-state index in [-0.39, 0.29) is 47.7 Å². The Morgan fingerprint density at radius 3 is 2.33 bits per heavy atom. The molecule has 1 aromatic carbocycles. The first-order valence-corrected chi connectivity index (χ1v) is 10.4. The van der Waals surface area contributed by atoms with E-state index in [1.54, 1.807) is 18.5 Å². The number of nitrogens with one attached hydrogen (secondary N) is 2. The molecule has 5 rings (SSSR count). The predicted octanol–water partition coefficient (Wildman–Crippen LogP) is 4.31. The number of nitrogens with zero attached hydrogens (tertiary/aromatic N) is 6. The van der Waals surface area contributed by atoms with Crippen molar-refractivity contribution in [2.75, 3.05) is 0 Å². The van der Waals surface area contributed by atoms with Crippen molar-refractivity contribution in [3.8, 4) is 28.1 Å². The van der Waals surface area contributed by atoms with E-state index in [0.717, 1.165) is 24.0 Å². The maximum atomic E-state index is 10.6. The van der Waals surface area contributed by atoms with Gasteiger partial charge >= 0.3 is 0 Å². The lowest BCUT2D eigenvalue weighted by Gasteiger charge is -2.46. The zero-order chi connectivity index (χ0) is 21.8. The molecule has 0 spiro atoms. The molecule has 1 fully saturated rings. The number of aromatic hydroxyl groups is 1. The first-order valence-electron chi connectivity index (χ1n) is 10.4. The maximum absolute atomic E-state index is 10.6. The number of halogens is 2. The molecule has 3 aromatic heterocycles. The molecule has 4 aromatic rings. The molecule has 0 unspecified atom stereocenters. The summed E-state index contributed by atoms with van der Waals surface area (Å²) in [6, 6.07) is 7.45. The summed E-state index contributed by atoms with van der Waals surface area (Å²) in [5.41, 5.74) is 4.22. The second kappa shape index (κ2) is 8.89. The van der Waals surface area contributed by atoms with Gasteiger partial charge in [-0.25, -0.2) is 4.68 Å². The summed E-state index contributed by atoms with van der Waals surface area (Å²) in [5, 5.41) is 38.6. The van der Waals surface area contributed by atoms with Crippen molar-refractivity contribution in [3.63, 3.8) is 0 Å². The average molecular weight is 491 g/mol. The highest BCUT2D eigenvalue weighted by molar-refractivity contribution is 5.85. The van der Waals surface area contributed by atoms with E-state index < -0.39 is 0 Å². The molecule has 176 valence electrons. The quantitative estimate of drug-likeness (QED) is 0.391. The van der Waals surface area contributed by atoms with Crippen molar-refractivity contribution in [1.29, 1.82) is 0 Å². The molecule has 11 heteroatoms. The fourth-order valence-electron chi connectivity index (χ4n) is 4.91. The van der Waals surface area contributed by atoms with Crippen LogP contribution in [0.4, 0.5) is 0 Å². The fraction of sp³-hybridized carbons (Fsp3) is 0.409. The molecule has 0 atom stereocenters. The molecule has 0 radical (unpaired) electrons. The first kappa shape index (κ1) is 24.9. The molecule has 3 N–H and O–H groups in total. The van der Waals surface area contributed by atoms with Crippen LogP contribution in [0.5, 0.6) is 5.75 Å². The summed E-state index contributed by atoms with van der Waals surface area (Å²) in [6.07, 6.45) is 5.34. The largest absolute Gasteiger partial charge is 0.507 e. The van der Waals surface area contributed by atoms with E-state index in [9.17, 15) is 5.11 Å². The van der Waals surface area contributed by atoms with Gasteiger partial charge < -0.3 is 10.4 Å². The lowest BCUT2D eigenvalue weighted by Crippen LogP contribution is -2.58. The first-order chi connectivity index (χ1) is 14.7. The number of hydrogen-bond acceptors (Lipinski definition) is 7. The van der Waals surface area contributed by atoms with Crippen LogP contribution in [0, 0.1) is 0 Å². The van der Waals surface area contributed by atoms with E-state index in [1.807, 2.05) is 22.9 Å². The van der Waals surface area contributed by atoms with Gasteiger partial charge in [0.05, 0.1) is 17.9 Å². The van der Waals surface area contributed by atoms with Crippen LogP contribution < -0.4 is 5.32 Å². The molecule has 0 saturated carbocycles. The van der Waals surface area contributed by atoms with Crippen molar-refractivity contribution in [1.82, 2.24) is 40.7 Å². The molecular weight excluding hydrogens is 463 g/mol. The molecule has 4 heterocycles. The Morgan fingerprint density at radius 1 is 0.970 bits per heavy atom. The molecule has 1 saturated heterocycles. The maximum Gasteiger partial charge on any atom is 0.201 e. The van der Waals surface area contributed by atoms with E-state index >= 15 is 0 Å². The van der Waals surface area contributed by atoms with Gasteiger partial charge in [0.2, 0.25) is 5.65 Å². The molecule has 33 heavy (non-hydrogen) atoms. The van der Waals surface area contributed by atoms with E-state index in [0.29, 0.717) is 22.4 Å². The molecule has 0 bridgehead atoms. The summed E-state index contributed by atoms with van der Waals surface area (Å²) in [5.74, 6) is 0.126. The van der Waals surface area contributed by atoms with Gasteiger partial charge in [-0.3, -0.25) is 5.10 Å². The molecule has 1 aliphatic heterocycles. The van der Waals surface area contributed by atoms with E-state index in [1.165, 1.54) is 0 Å². The Kier molecular flexibility index (Phi) is 6.70. The number of phenolic OH excluding ortho intramolecular Hbond substituents is 1. The van der Waals surface area contributed by atoms with Crippen molar-refractivity contribution in [3.05, 3.63) is 36.7 Å². The molecule has 0 aliphatic carbocycles. The monoisotopic (exact) mass is 490 g/mol. The Hall–Kier alpha value is -2.75. The Labute approximate surface area is 204 Å². The SMILES string of the molecule is CC1(C)CC(n2nnc3cc(-c4ccc(-c5cn[nH]c5)cc4O)nnc32)CC(C)(C)N1.Cl.Cl. The standard InChI is InChI=1S/C22H26N8O.2ClH/c1-21(2)9-15(10-22(3,4)28-21)30-20-18(26-29-30)8-17(25-27-20)16-6-5-13(7-19(16)31)14-11-23-24-12-14;;/h5-8,11-12,15,28,31H,9-10H2,1-4H3,(H,23,24);2*1H. The highest BCUT2D eigenvalue weighted by Crippen LogP contribution is 2.37. The van der Waals surface area contributed by atoms with Gasteiger partial charge in [0.15, 0.2) is 0 Å². The third kappa shape index (κ3) is 4.80. The molecular formula is C22H28Cl2N8O. The van der Waals surface area contributed by atoms with Crippen LogP contribution in [0.3, 0.4) is 0 Å². The number of hydrogen-bond donors (Lipinski definition) is 3.